The third-order valence-electron chi connectivity index (χ3n) is 3.95. The molecular formula is C17H23NO3. The van der Waals surface area contributed by atoms with E-state index >= 15 is 0 Å². The molecule has 1 saturated heterocycles. The number of esters is 1. The normalized spacial score (nSPS) is 18.4. The number of amides is 1. The van der Waals surface area contributed by atoms with E-state index in [-0.39, 0.29) is 17.8 Å². The lowest BCUT2D eigenvalue weighted by Gasteiger charge is -2.32. The van der Waals surface area contributed by atoms with Crippen molar-refractivity contribution in [2.24, 2.45) is 5.92 Å². The van der Waals surface area contributed by atoms with Crippen LogP contribution >= 0.6 is 0 Å². The Morgan fingerprint density at radius 1 is 1.33 bits per heavy atom. The van der Waals surface area contributed by atoms with Gasteiger partial charge in [0.1, 0.15) is 0 Å². The summed E-state index contributed by atoms with van der Waals surface area (Å²) in [5.41, 5.74) is 2.78. The van der Waals surface area contributed by atoms with E-state index in [4.69, 9.17) is 4.74 Å². The first-order valence-electron chi connectivity index (χ1n) is 7.56. The number of likely N-dealkylation sites (tertiary alicyclic amines) is 1. The van der Waals surface area contributed by atoms with Gasteiger partial charge in [0.25, 0.3) is 5.91 Å². The highest BCUT2D eigenvalue weighted by Gasteiger charge is 2.30. The number of aryl methyl sites for hydroxylation is 2. The van der Waals surface area contributed by atoms with E-state index in [0.29, 0.717) is 19.7 Å². The zero-order valence-corrected chi connectivity index (χ0v) is 13.0. The van der Waals surface area contributed by atoms with E-state index in [1.807, 2.05) is 32.0 Å². The Labute approximate surface area is 126 Å². The molecular weight excluding hydrogens is 266 g/mol. The van der Waals surface area contributed by atoms with Crippen molar-refractivity contribution in [3.8, 4) is 0 Å². The van der Waals surface area contributed by atoms with Gasteiger partial charge in [-0.3, -0.25) is 9.59 Å². The van der Waals surface area contributed by atoms with Gasteiger partial charge in [0.2, 0.25) is 0 Å². The Morgan fingerprint density at radius 3 is 2.81 bits per heavy atom. The molecule has 0 aliphatic carbocycles. The van der Waals surface area contributed by atoms with Crippen LogP contribution in [0.1, 0.15) is 41.3 Å². The number of nitrogens with zero attached hydrogens (tertiary/aromatic N) is 1. The molecule has 0 aromatic heterocycles. The number of piperidine rings is 1. The number of hydrogen-bond donors (Lipinski definition) is 0. The van der Waals surface area contributed by atoms with Crippen LogP contribution in [0.3, 0.4) is 0 Å². The molecule has 0 radical (unpaired) electrons. The molecule has 4 heteroatoms. The van der Waals surface area contributed by atoms with Crippen molar-refractivity contribution in [3.05, 3.63) is 34.9 Å². The van der Waals surface area contributed by atoms with Gasteiger partial charge in [0, 0.05) is 18.7 Å². The standard InChI is InChI=1S/C17H23NO3/c1-4-21-17(20)14-6-5-9-18(11-14)16(19)15-10-12(2)7-8-13(15)3/h7-8,10,14H,4-6,9,11H2,1-3H3. The second-order valence-electron chi connectivity index (χ2n) is 5.66. The van der Waals surface area contributed by atoms with Gasteiger partial charge in [-0.1, -0.05) is 17.7 Å². The number of carbonyl (C=O) groups excluding carboxylic acids is 2. The second kappa shape index (κ2) is 6.74. The maximum atomic E-state index is 12.7. The van der Waals surface area contributed by atoms with Crippen molar-refractivity contribution < 1.29 is 14.3 Å². The third-order valence-corrected chi connectivity index (χ3v) is 3.95. The van der Waals surface area contributed by atoms with Crippen molar-refractivity contribution >= 4 is 11.9 Å². The number of carbonyl (C=O) groups is 2. The van der Waals surface area contributed by atoms with Gasteiger partial charge in [-0.05, 0) is 45.2 Å². The summed E-state index contributed by atoms with van der Waals surface area (Å²) in [6.45, 7) is 7.29. The smallest absolute Gasteiger partial charge is 0.310 e. The highest BCUT2D eigenvalue weighted by Crippen LogP contribution is 2.21. The predicted octanol–water partition coefficient (Wildman–Crippen LogP) is 2.72. The Bertz CT molecular complexity index is 539. The van der Waals surface area contributed by atoms with E-state index in [1.54, 1.807) is 11.8 Å². The van der Waals surface area contributed by atoms with E-state index in [9.17, 15) is 9.59 Å². The molecule has 1 aromatic rings. The van der Waals surface area contributed by atoms with Crippen LogP contribution in [0.5, 0.6) is 0 Å². The summed E-state index contributed by atoms with van der Waals surface area (Å²) in [4.78, 5) is 26.3. The van der Waals surface area contributed by atoms with Crippen molar-refractivity contribution in [2.75, 3.05) is 19.7 Å². The summed E-state index contributed by atoms with van der Waals surface area (Å²) in [5.74, 6) is -0.353. The van der Waals surface area contributed by atoms with Crippen molar-refractivity contribution in [2.45, 2.75) is 33.6 Å². The lowest BCUT2D eigenvalue weighted by atomic mass is 9.96. The molecule has 4 nitrogen and oxygen atoms in total. The van der Waals surface area contributed by atoms with E-state index in [0.717, 1.165) is 29.5 Å². The molecule has 1 aliphatic heterocycles. The molecule has 1 amide bonds. The average Bonchev–Trinajstić information content (AvgIpc) is 2.49. The molecule has 1 atom stereocenters. The Balaban J connectivity index is 2.12. The van der Waals surface area contributed by atoms with Gasteiger partial charge in [-0.25, -0.2) is 0 Å². The minimum absolute atomic E-state index is 0.0187. The first kappa shape index (κ1) is 15.5. The molecule has 2 rings (SSSR count). The zero-order chi connectivity index (χ0) is 15.4. The number of hydrogen-bond acceptors (Lipinski definition) is 3. The quantitative estimate of drug-likeness (QED) is 0.804. The van der Waals surface area contributed by atoms with Crippen molar-refractivity contribution in [1.82, 2.24) is 4.90 Å². The van der Waals surface area contributed by atoms with E-state index in [1.165, 1.54) is 0 Å². The summed E-state index contributed by atoms with van der Waals surface area (Å²) >= 11 is 0. The topological polar surface area (TPSA) is 46.6 Å². The van der Waals surface area contributed by atoms with Crippen LogP contribution in [0.2, 0.25) is 0 Å². The average molecular weight is 289 g/mol. The number of rotatable bonds is 3. The van der Waals surface area contributed by atoms with Crippen LogP contribution in [0, 0.1) is 19.8 Å². The minimum Gasteiger partial charge on any atom is -0.466 e. The van der Waals surface area contributed by atoms with Crippen LogP contribution in [-0.4, -0.2) is 36.5 Å². The van der Waals surface area contributed by atoms with Gasteiger partial charge < -0.3 is 9.64 Å². The van der Waals surface area contributed by atoms with Gasteiger partial charge in [0.05, 0.1) is 12.5 Å². The molecule has 1 unspecified atom stereocenters. The molecule has 0 bridgehead atoms. The summed E-state index contributed by atoms with van der Waals surface area (Å²) in [6.07, 6.45) is 1.65. The van der Waals surface area contributed by atoms with Crippen LogP contribution in [0.15, 0.2) is 18.2 Å². The summed E-state index contributed by atoms with van der Waals surface area (Å²) in [5, 5.41) is 0. The second-order valence-corrected chi connectivity index (χ2v) is 5.66. The molecule has 0 N–H and O–H groups in total. The van der Waals surface area contributed by atoms with Gasteiger partial charge in [-0.2, -0.15) is 0 Å². The van der Waals surface area contributed by atoms with Gasteiger partial charge in [0.15, 0.2) is 0 Å². The Morgan fingerprint density at radius 2 is 2.10 bits per heavy atom. The molecule has 1 aliphatic rings. The van der Waals surface area contributed by atoms with Gasteiger partial charge in [-0.15, -0.1) is 0 Å². The minimum atomic E-state index is -0.187. The van der Waals surface area contributed by atoms with Crippen molar-refractivity contribution in [1.29, 1.82) is 0 Å². The number of ether oxygens (including phenoxy) is 1. The fourth-order valence-corrected chi connectivity index (χ4v) is 2.75. The van der Waals surface area contributed by atoms with Crippen LogP contribution in [0.25, 0.3) is 0 Å². The first-order valence-corrected chi connectivity index (χ1v) is 7.56. The lowest BCUT2D eigenvalue weighted by molar-refractivity contribution is -0.149. The molecule has 1 aromatic carbocycles. The monoisotopic (exact) mass is 289 g/mol. The highest BCUT2D eigenvalue weighted by molar-refractivity contribution is 5.96. The maximum absolute atomic E-state index is 12.7. The predicted molar refractivity (Wildman–Crippen MR) is 81.2 cm³/mol. The zero-order valence-electron chi connectivity index (χ0n) is 13.0. The van der Waals surface area contributed by atoms with Gasteiger partial charge >= 0.3 is 5.97 Å². The van der Waals surface area contributed by atoms with E-state index in [2.05, 4.69) is 0 Å². The van der Waals surface area contributed by atoms with Crippen LogP contribution < -0.4 is 0 Å². The Kier molecular flexibility index (Phi) is 4.99. The maximum Gasteiger partial charge on any atom is 0.310 e. The summed E-state index contributed by atoms with van der Waals surface area (Å²) in [7, 11) is 0. The molecule has 0 saturated carbocycles. The fourth-order valence-electron chi connectivity index (χ4n) is 2.75. The van der Waals surface area contributed by atoms with E-state index < -0.39 is 0 Å². The fraction of sp³-hybridized carbons (Fsp3) is 0.529. The van der Waals surface area contributed by atoms with Crippen LogP contribution in [-0.2, 0) is 9.53 Å². The largest absolute Gasteiger partial charge is 0.466 e. The molecule has 21 heavy (non-hydrogen) atoms. The van der Waals surface area contributed by atoms with Crippen molar-refractivity contribution in [3.63, 3.8) is 0 Å². The summed E-state index contributed by atoms with van der Waals surface area (Å²) < 4.78 is 5.08. The highest BCUT2D eigenvalue weighted by atomic mass is 16.5. The third kappa shape index (κ3) is 3.63. The molecule has 1 fully saturated rings. The molecule has 114 valence electrons. The SMILES string of the molecule is CCOC(=O)C1CCCN(C(=O)c2cc(C)ccc2C)C1. The molecule has 0 spiro atoms. The molecule has 1 heterocycles. The Hall–Kier alpha value is -1.84. The first-order chi connectivity index (χ1) is 10.0. The van der Waals surface area contributed by atoms with Crippen LogP contribution in [0.4, 0.5) is 0 Å². The number of benzene rings is 1. The lowest BCUT2D eigenvalue weighted by Crippen LogP contribution is -2.43. The summed E-state index contributed by atoms with van der Waals surface area (Å²) in [6, 6.07) is 5.89.